The summed E-state index contributed by atoms with van der Waals surface area (Å²) in [6.45, 7) is 0. The maximum absolute atomic E-state index is 6.53. The number of hydrogen-bond donors (Lipinski definition) is 0. The molecule has 4 heteroatoms. The van der Waals surface area contributed by atoms with Gasteiger partial charge in [-0.15, -0.1) is 11.3 Å². The molecule has 0 aliphatic carbocycles. The lowest BCUT2D eigenvalue weighted by molar-refractivity contribution is -0.0180. The van der Waals surface area contributed by atoms with Crippen LogP contribution in [0.5, 0.6) is 5.75 Å². The van der Waals surface area contributed by atoms with Crippen LogP contribution in [-0.2, 0) is 0 Å². The van der Waals surface area contributed by atoms with Gasteiger partial charge in [0.2, 0.25) is 6.23 Å². The number of thiophene rings is 1. The maximum atomic E-state index is 6.53. The van der Waals surface area contributed by atoms with Crippen LogP contribution in [0.15, 0.2) is 89.3 Å². The Morgan fingerprint density at radius 2 is 1.68 bits per heavy atom. The van der Waals surface area contributed by atoms with Crippen molar-refractivity contribution in [1.29, 1.82) is 0 Å². The highest BCUT2D eigenvalue weighted by Crippen LogP contribution is 2.48. The van der Waals surface area contributed by atoms with E-state index in [1.807, 2.05) is 6.07 Å². The highest BCUT2D eigenvalue weighted by molar-refractivity contribution is 7.12. The van der Waals surface area contributed by atoms with Gasteiger partial charge in [0.15, 0.2) is 0 Å². The lowest BCUT2D eigenvalue weighted by Crippen LogP contribution is -2.33. The fourth-order valence-corrected chi connectivity index (χ4v) is 5.02. The average molecular weight is 382 g/mol. The van der Waals surface area contributed by atoms with Gasteiger partial charge in [-0.3, -0.25) is 0 Å². The van der Waals surface area contributed by atoms with E-state index in [9.17, 15) is 0 Å². The topological polar surface area (TPSA) is 24.8 Å². The monoisotopic (exact) mass is 382 g/mol. The Kier molecular flexibility index (Phi) is 3.53. The number of hydrogen-bond acceptors (Lipinski definition) is 4. The van der Waals surface area contributed by atoms with Crippen LogP contribution in [0.25, 0.3) is 10.8 Å². The molecule has 0 saturated carbocycles. The van der Waals surface area contributed by atoms with E-state index < -0.39 is 0 Å². The number of benzene rings is 3. The molecule has 2 aliphatic rings. The second-order valence-electron chi connectivity index (χ2n) is 7.20. The minimum Gasteiger partial charge on any atom is -0.464 e. The van der Waals surface area contributed by atoms with Crippen molar-refractivity contribution in [3.8, 4) is 5.75 Å². The summed E-state index contributed by atoms with van der Waals surface area (Å²) in [6, 6.07) is 27.7. The van der Waals surface area contributed by atoms with Crippen molar-refractivity contribution in [1.82, 2.24) is 5.01 Å². The van der Waals surface area contributed by atoms with Crippen molar-refractivity contribution in [2.24, 2.45) is 5.10 Å². The van der Waals surface area contributed by atoms with Crippen LogP contribution in [0.1, 0.15) is 34.7 Å². The van der Waals surface area contributed by atoms with E-state index in [2.05, 4.69) is 83.2 Å². The van der Waals surface area contributed by atoms with Gasteiger partial charge >= 0.3 is 0 Å². The van der Waals surface area contributed by atoms with E-state index >= 15 is 0 Å². The van der Waals surface area contributed by atoms with Crippen LogP contribution < -0.4 is 4.74 Å². The highest BCUT2D eigenvalue weighted by atomic mass is 32.1. The molecule has 2 atom stereocenters. The van der Waals surface area contributed by atoms with E-state index in [1.54, 1.807) is 11.3 Å². The van der Waals surface area contributed by atoms with Crippen molar-refractivity contribution >= 4 is 27.8 Å². The third kappa shape index (κ3) is 2.38. The van der Waals surface area contributed by atoms with Gasteiger partial charge < -0.3 is 4.74 Å². The standard InChI is InChI=1S/C24H18N2OS/c1-2-9-17-16(7-1)8-5-11-18(17)24-26-21(19-10-3-4-12-22(19)27-24)15-20(25-26)23-13-6-14-28-23/h1-14,21,24H,15H2. The molecule has 136 valence electrons. The first-order valence-electron chi connectivity index (χ1n) is 9.51. The normalized spacial score (nSPS) is 20.4. The van der Waals surface area contributed by atoms with Gasteiger partial charge in [0, 0.05) is 17.5 Å². The zero-order valence-corrected chi connectivity index (χ0v) is 16.0. The summed E-state index contributed by atoms with van der Waals surface area (Å²) in [6.07, 6.45) is 0.672. The number of ether oxygens (including phenoxy) is 1. The van der Waals surface area contributed by atoms with Gasteiger partial charge in [-0.1, -0.05) is 66.7 Å². The second-order valence-corrected chi connectivity index (χ2v) is 8.15. The Bertz CT molecular complexity index is 1190. The molecular formula is C24H18N2OS. The van der Waals surface area contributed by atoms with Crippen molar-refractivity contribution in [2.45, 2.75) is 18.7 Å². The van der Waals surface area contributed by atoms with Crippen molar-refractivity contribution in [3.05, 3.63) is 100 Å². The van der Waals surface area contributed by atoms with Crippen molar-refractivity contribution < 1.29 is 4.74 Å². The Labute approximate surface area is 167 Å². The van der Waals surface area contributed by atoms with E-state index in [0.29, 0.717) is 0 Å². The highest BCUT2D eigenvalue weighted by Gasteiger charge is 2.41. The molecule has 0 amide bonds. The summed E-state index contributed by atoms with van der Waals surface area (Å²) in [5.74, 6) is 0.962. The minimum absolute atomic E-state index is 0.200. The molecule has 3 aromatic carbocycles. The fourth-order valence-electron chi connectivity index (χ4n) is 4.30. The second kappa shape index (κ2) is 6.21. The molecule has 0 fully saturated rings. The molecule has 6 rings (SSSR count). The van der Waals surface area contributed by atoms with Crippen LogP contribution in [0.3, 0.4) is 0 Å². The number of nitrogens with zero attached hydrogens (tertiary/aromatic N) is 2. The lowest BCUT2D eigenvalue weighted by atomic mass is 9.96. The molecule has 0 saturated heterocycles. The summed E-state index contributed by atoms with van der Waals surface area (Å²) in [7, 11) is 0. The first-order chi connectivity index (χ1) is 13.9. The molecule has 28 heavy (non-hydrogen) atoms. The van der Waals surface area contributed by atoms with Crippen LogP contribution >= 0.6 is 11.3 Å². The molecule has 0 bridgehead atoms. The molecule has 3 heterocycles. The fraction of sp³-hybridized carbons (Fsp3) is 0.125. The molecule has 0 N–H and O–H groups in total. The third-order valence-electron chi connectivity index (χ3n) is 5.59. The minimum atomic E-state index is -0.233. The molecular weight excluding hydrogens is 364 g/mol. The van der Waals surface area contributed by atoms with Gasteiger partial charge in [-0.25, -0.2) is 5.01 Å². The van der Waals surface area contributed by atoms with Gasteiger partial charge in [0.25, 0.3) is 0 Å². The number of rotatable bonds is 2. The summed E-state index contributed by atoms with van der Waals surface area (Å²) in [5, 5.41) is 11.8. The number of para-hydroxylation sites is 1. The Hall–Kier alpha value is -3.11. The third-order valence-corrected chi connectivity index (χ3v) is 6.51. The predicted molar refractivity (Wildman–Crippen MR) is 114 cm³/mol. The summed E-state index contributed by atoms with van der Waals surface area (Å²) in [4.78, 5) is 1.24. The van der Waals surface area contributed by atoms with Crippen LogP contribution in [0.2, 0.25) is 0 Å². The van der Waals surface area contributed by atoms with Crippen molar-refractivity contribution in [3.63, 3.8) is 0 Å². The maximum Gasteiger partial charge on any atom is 0.214 e. The Morgan fingerprint density at radius 1 is 0.857 bits per heavy atom. The van der Waals surface area contributed by atoms with Crippen LogP contribution in [0.4, 0.5) is 0 Å². The predicted octanol–water partition coefficient (Wildman–Crippen LogP) is 6.14. The summed E-state index contributed by atoms with van der Waals surface area (Å²) < 4.78 is 6.53. The first kappa shape index (κ1) is 15.9. The van der Waals surface area contributed by atoms with Crippen LogP contribution in [0, 0.1) is 0 Å². The molecule has 4 aromatic rings. The largest absolute Gasteiger partial charge is 0.464 e. The quantitative estimate of drug-likeness (QED) is 0.416. The van der Waals surface area contributed by atoms with E-state index in [-0.39, 0.29) is 12.3 Å². The number of hydrazone groups is 1. The van der Waals surface area contributed by atoms with Gasteiger partial charge in [-0.2, -0.15) is 5.10 Å². The van der Waals surface area contributed by atoms with E-state index in [0.717, 1.165) is 23.4 Å². The van der Waals surface area contributed by atoms with Gasteiger partial charge in [0.05, 0.1) is 16.6 Å². The van der Waals surface area contributed by atoms with Gasteiger partial charge in [-0.05, 0) is 28.3 Å². The Morgan fingerprint density at radius 3 is 2.61 bits per heavy atom. The molecule has 2 aliphatic heterocycles. The average Bonchev–Trinajstić information content (AvgIpc) is 3.43. The molecule has 1 aromatic heterocycles. The summed E-state index contributed by atoms with van der Waals surface area (Å²) >= 11 is 1.75. The lowest BCUT2D eigenvalue weighted by Gasteiger charge is -2.38. The zero-order valence-electron chi connectivity index (χ0n) is 15.2. The van der Waals surface area contributed by atoms with Crippen LogP contribution in [-0.4, -0.2) is 10.7 Å². The smallest absolute Gasteiger partial charge is 0.214 e. The molecule has 0 radical (unpaired) electrons. The van der Waals surface area contributed by atoms with Crippen molar-refractivity contribution in [2.75, 3.05) is 0 Å². The zero-order chi connectivity index (χ0) is 18.5. The van der Waals surface area contributed by atoms with Gasteiger partial charge in [0.1, 0.15) is 5.75 Å². The molecule has 2 unspecified atom stereocenters. The first-order valence-corrected chi connectivity index (χ1v) is 10.4. The molecule has 3 nitrogen and oxygen atoms in total. The summed E-state index contributed by atoms with van der Waals surface area (Å²) in [5.41, 5.74) is 3.52. The SMILES string of the molecule is c1csc(C2=NN3C(C2)c2ccccc2OC3c2cccc3ccccc23)c1. The van der Waals surface area contributed by atoms with E-state index in [4.69, 9.17) is 9.84 Å². The molecule has 0 spiro atoms. The number of fused-ring (bicyclic) bond motifs is 4. The Balaban J connectivity index is 1.53. The van der Waals surface area contributed by atoms with E-state index in [1.165, 1.54) is 21.2 Å².